The maximum atomic E-state index is 12.1. The van der Waals surface area contributed by atoms with Gasteiger partial charge >= 0.3 is 0 Å². The molecule has 0 saturated heterocycles. The lowest BCUT2D eigenvalue weighted by atomic mass is 10.2. The van der Waals surface area contributed by atoms with E-state index in [2.05, 4.69) is 20.8 Å². The number of carbonyl (C=O) groups is 1. The number of nitrogens with zero attached hydrogens (tertiary/aromatic N) is 4. The fraction of sp³-hybridized carbons (Fsp3) is 0. The standard InChI is InChI=1S/C14H10ClN5O/c15-12-7-6-11(20-9-16-18-19-20)8-13(12)17-14(21)10-4-2-1-3-5-10/h1-9H,(H,17,21). The second-order valence-corrected chi connectivity index (χ2v) is 4.65. The van der Waals surface area contributed by atoms with Gasteiger partial charge in [0.1, 0.15) is 6.33 Å². The van der Waals surface area contributed by atoms with Crippen molar-refractivity contribution in [3.63, 3.8) is 0 Å². The highest BCUT2D eigenvalue weighted by Gasteiger charge is 2.09. The van der Waals surface area contributed by atoms with E-state index in [0.717, 1.165) is 0 Å². The molecule has 0 unspecified atom stereocenters. The lowest BCUT2D eigenvalue weighted by Gasteiger charge is -2.09. The highest BCUT2D eigenvalue weighted by atomic mass is 35.5. The van der Waals surface area contributed by atoms with Gasteiger partial charge < -0.3 is 5.32 Å². The summed E-state index contributed by atoms with van der Waals surface area (Å²) in [5.74, 6) is -0.230. The summed E-state index contributed by atoms with van der Waals surface area (Å²) in [5, 5.41) is 14.2. The molecule has 0 radical (unpaired) electrons. The highest BCUT2D eigenvalue weighted by molar-refractivity contribution is 6.34. The number of halogens is 1. The van der Waals surface area contributed by atoms with E-state index in [1.807, 2.05) is 6.07 Å². The minimum Gasteiger partial charge on any atom is -0.321 e. The topological polar surface area (TPSA) is 72.7 Å². The second-order valence-electron chi connectivity index (χ2n) is 4.24. The van der Waals surface area contributed by atoms with E-state index >= 15 is 0 Å². The van der Waals surface area contributed by atoms with E-state index in [1.165, 1.54) is 11.0 Å². The Balaban J connectivity index is 1.88. The molecule has 1 amide bonds. The van der Waals surface area contributed by atoms with Crippen molar-refractivity contribution in [2.24, 2.45) is 0 Å². The van der Waals surface area contributed by atoms with Crippen molar-refractivity contribution in [3.8, 4) is 5.69 Å². The molecule has 0 bridgehead atoms. The molecule has 1 aromatic heterocycles. The fourth-order valence-electron chi connectivity index (χ4n) is 1.82. The molecule has 0 fully saturated rings. The third-order valence-corrected chi connectivity index (χ3v) is 3.18. The average Bonchev–Trinajstić information content (AvgIpc) is 3.04. The third-order valence-electron chi connectivity index (χ3n) is 2.85. The van der Waals surface area contributed by atoms with Gasteiger partial charge in [-0.2, -0.15) is 0 Å². The van der Waals surface area contributed by atoms with Crippen LogP contribution in [0.25, 0.3) is 5.69 Å². The van der Waals surface area contributed by atoms with E-state index in [1.54, 1.807) is 42.5 Å². The summed E-state index contributed by atoms with van der Waals surface area (Å²) >= 11 is 6.11. The molecule has 0 saturated carbocycles. The van der Waals surface area contributed by atoms with Crippen molar-refractivity contribution >= 4 is 23.2 Å². The maximum Gasteiger partial charge on any atom is 0.255 e. The van der Waals surface area contributed by atoms with Gasteiger partial charge in [-0.1, -0.05) is 29.8 Å². The Hall–Kier alpha value is -2.73. The molecule has 0 aliphatic heterocycles. The van der Waals surface area contributed by atoms with Crippen LogP contribution in [0.5, 0.6) is 0 Å². The zero-order chi connectivity index (χ0) is 14.7. The number of hydrogen-bond donors (Lipinski definition) is 1. The van der Waals surface area contributed by atoms with E-state index in [0.29, 0.717) is 22.0 Å². The summed E-state index contributed by atoms with van der Waals surface area (Å²) < 4.78 is 1.48. The largest absolute Gasteiger partial charge is 0.321 e. The lowest BCUT2D eigenvalue weighted by molar-refractivity contribution is 0.102. The van der Waals surface area contributed by atoms with Crippen molar-refractivity contribution in [1.29, 1.82) is 0 Å². The molecule has 0 atom stereocenters. The van der Waals surface area contributed by atoms with Crippen LogP contribution in [-0.4, -0.2) is 26.1 Å². The fourth-order valence-corrected chi connectivity index (χ4v) is 1.98. The maximum absolute atomic E-state index is 12.1. The normalized spacial score (nSPS) is 10.3. The molecule has 7 heteroatoms. The Morgan fingerprint density at radius 2 is 1.95 bits per heavy atom. The Bertz CT molecular complexity index is 758. The first-order valence-corrected chi connectivity index (χ1v) is 6.51. The monoisotopic (exact) mass is 299 g/mol. The quantitative estimate of drug-likeness (QED) is 0.806. The average molecular weight is 300 g/mol. The molecular weight excluding hydrogens is 290 g/mol. The van der Waals surface area contributed by atoms with Gasteiger partial charge in [0.05, 0.1) is 16.4 Å². The predicted molar refractivity (Wildman–Crippen MR) is 78.6 cm³/mol. The van der Waals surface area contributed by atoms with Gasteiger partial charge in [0.25, 0.3) is 5.91 Å². The number of amides is 1. The van der Waals surface area contributed by atoms with E-state index in [-0.39, 0.29) is 5.91 Å². The van der Waals surface area contributed by atoms with Crippen LogP contribution in [-0.2, 0) is 0 Å². The summed E-state index contributed by atoms with van der Waals surface area (Å²) in [6.07, 6.45) is 1.46. The van der Waals surface area contributed by atoms with Gasteiger partial charge in [-0.05, 0) is 40.8 Å². The number of hydrogen-bond acceptors (Lipinski definition) is 4. The summed E-state index contributed by atoms with van der Waals surface area (Å²) in [6, 6.07) is 14.1. The van der Waals surface area contributed by atoms with Crippen LogP contribution in [0.15, 0.2) is 54.9 Å². The van der Waals surface area contributed by atoms with Crippen LogP contribution in [0.4, 0.5) is 5.69 Å². The second kappa shape index (κ2) is 5.72. The van der Waals surface area contributed by atoms with Gasteiger partial charge in [-0.15, -0.1) is 5.10 Å². The van der Waals surface area contributed by atoms with Gasteiger partial charge in [0.2, 0.25) is 0 Å². The zero-order valence-corrected chi connectivity index (χ0v) is 11.5. The minimum atomic E-state index is -0.230. The first-order valence-electron chi connectivity index (χ1n) is 6.13. The molecule has 1 heterocycles. The SMILES string of the molecule is O=C(Nc1cc(-n2cnnn2)ccc1Cl)c1ccccc1. The van der Waals surface area contributed by atoms with Crippen LogP contribution in [0.2, 0.25) is 5.02 Å². The van der Waals surface area contributed by atoms with E-state index < -0.39 is 0 Å². The minimum absolute atomic E-state index is 0.230. The van der Waals surface area contributed by atoms with Gasteiger partial charge in [0.15, 0.2) is 0 Å². The molecular formula is C14H10ClN5O. The van der Waals surface area contributed by atoms with Crippen molar-refractivity contribution in [3.05, 3.63) is 65.4 Å². The van der Waals surface area contributed by atoms with E-state index in [9.17, 15) is 4.79 Å². The van der Waals surface area contributed by atoms with Crippen LogP contribution in [0.1, 0.15) is 10.4 Å². The number of anilines is 1. The van der Waals surface area contributed by atoms with E-state index in [4.69, 9.17) is 11.6 Å². The molecule has 104 valence electrons. The third kappa shape index (κ3) is 2.90. The Kier molecular flexibility index (Phi) is 3.61. The molecule has 0 aliphatic carbocycles. The number of rotatable bonds is 3. The first-order chi connectivity index (χ1) is 10.2. The molecule has 0 aliphatic rings. The lowest BCUT2D eigenvalue weighted by Crippen LogP contribution is -2.12. The van der Waals surface area contributed by atoms with Crippen molar-refractivity contribution in [2.75, 3.05) is 5.32 Å². The number of nitrogens with one attached hydrogen (secondary N) is 1. The number of carbonyl (C=O) groups excluding carboxylic acids is 1. The summed E-state index contributed by atoms with van der Waals surface area (Å²) in [5.41, 5.74) is 1.76. The number of benzene rings is 2. The van der Waals surface area contributed by atoms with Crippen LogP contribution >= 0.6 is 11.6 Å². The van der Waals surface area contributed by atoms with Crippen molar-refractivity contribution < 1.29 is 4.79 Å². The van der Waals surface area contributed by atoms with Crippen molar-refractivity contribution in [2.45, 2.75) is 0 Å². The summed E-state index contributed by atoms with van der Waals surface area (Å²) in [6.45, 7) is 0. The van der Waals surface area contributed by atoms with Crippen molar-refractivity contribution in [1.82, 2.24) is 20.2 Å². The number of aromatic nitrogens is 4. The predicted octanol–water partition coefficient (Wildman–Crippen LogP) is 2.57. The molecule has 21 heavy (non-hydrogen) atoms. The van der Waals surface area contributed by atoms with Crippen LogP contribution in [0, 0.1) is 0 Å². The molecule has 2 aromatic carbocycles. The molecule has 1 N–H and O–H groups in total. The first kappa shape index (κ1) is 13.3. The van der Waals surface area contributed by atoms with Gasteiger partial charge in [-0.25, -0.2) is 4.68 Å². The Morgan fingerprint density at radius 1 is 1.14 bits per heavy atom. The van der Waals surface area contributed by atoms with Crippen LogP contribution < -0.4 is 5.32 Å². The highest BCUT2D eigenvalue weighted by Crippen LogP contribution is 2.25. The Morgan fingerprint density at radius 3 is 2.67 bits per heavy atom. The molecule has 3 aromatic rings. The summed E-state index contributed by atoms with van der Waals surface area (Å²) in [4.78, 5) is 12.1. The van der Waals surface area contributed by atoms with Gasteiger partial charge in [-0.3, -0.25) is 4.79 Å². The number of tetrazole rings is 1. The molecule has 0 spiro atoms. The summed E-state index contributed by atoms with van der Waals surface area (Å²) in [7, 11) is 0. The smallest absolute Gasteiger partial charge is 0.255 e. The molecule has 3 rings (SSSR count). The van der Waals surface area contributed by atoms with Crippen LogP contribution in [0.3, 0.4) is 0 Å². The zero-order valence-electron chi connectivity index (χ0n) is 10.8. The van der Waals surface area contributed by atoms with Gasteiger partial charge in [0, 0.05) is 5.56 Å². The Labute approximate surface area is 125 Å². The molecule has 6 nitrogen and oxygen atoms in total.